The van der Waals surface area contributed by atoms with Crippen LogP contribution in [0.15, 0.2) is 17.0 Å². The number of rotatable bonds is 2. The van der Waals surface area contributed by atoms with Gasteiger partial charge in [0.1, 0.15) is 0 Å². The lowest BCUT2D eigenvalue weighted by Crippen LogP contribution is -2.04. The van der Waals surface area contributed by atoms with Gasteiger partial charge in [0.2, 0.25) is 5.95 Å². The molecule has 17 heavy (non-hydrogen) atoms. The van der Waals surface area contributed by atoms with Gasteiger partial charge in [-0.1, -0.05) is 0 Å². The summed E-state index contributed by atoms with van der Waals surface area (Å²) in [5, 5.41) is 7.64. The Balaban J connectivity index is 2.12. The van der Waals surface area contributed by atoms with E-state index in [2.05, 4.69) is 33.0 Å². The molecule has 1 N–H and O–H groups in total. The van der Waals surface area contributed by atoms with Crippen LogP contribution in [0.1, 0.15) is 24.5 Å². The molecule has 1 aliphatic carbocycles. The molecule has 3 nitrogen and oxygen atoms in total. The lowest BCUT2D eigenvalue weighted by Gasteiger charge is -2.07. The van der Waals surface area contributed by atoms with Crippen molar-refractivity contribution in [2.45, 2.75) is 26.2 Å². The normalized spacial score (nSPS) is 13.7. The van der Waals surface area contributed by atoms with Gasteiger partial charge in [0, 0.05) is 23.7 Å². The summed E-state index contributed by atoms with van der Waals surface area (Å²) in [7, 11) is 0. The first kappa shape index (κ1) is 10.7. The van der Waals surface area contributed by atoms with Gasteiger partial charge in [0.25, 0.3) is 0 Å². The predicted molar refractivity (Wildman–Crippen MR) is 71.5 cm³/mol. The molecule has 0 fully saturated rings. The smallest absolute Gasteiger partial charge is 0.223 e. The van der Waals surface area contributed by atoms with E-state index in [-0.39, 0.29) is 0 Å². The summed E-state index contributed by atoms with van der Waals surface area (Å²) in [4.78, 5) is 9.02. The van der Waals surface area contributed by atoms with E-state index in [0.717, 1.165) is 31.0 Å². The van der Waals surface area contributed by atoms with Crippen molar-refractivity contribution < 1.29 is 0 Å². The summed E-state index contributed by atoms with van der Waals surface area (Å²) in [5.41, 5.74) is 5.16. The zero-order chi connectivity index (χ0) is 11.7. The van der Waals surface area contributed by atoms with E-state index >= 15 is 0 Å². The zero-order valence-corrected chi connectivity index (χ0v) is 10.7. The van der Waals surface area contributed by atoms with E-state index in [0.29, 0.717) is 0 Å². The summed E-state index contributed by atoms with van der Waals surface area (Å²) < 4.78 is 0. The summed E-state index contributed by atoms with van der Waals surface area (Å²) in [6.45, 7) is 2.92. The molecule has 0 spiro atoms. The van der Waals surface area contributed by atoms with Crippen LogP contribution in [-0.4, -0.2) is 16.5 Å². The number of anilines is 1. The van der Waals surface area contributed by atoms with Crippen LogP contribution in [0.5, 0.6) is 0 Å². The van der Waals surface area contributed by atoms with Gasteiger partial charge in [0.15, 0.2) is 0 Å². The largest absolute Gasteiger partial charge is 0.354 e. The highest BCUT2D eigenvalue weighted by atomic mass is 32.1. The third-order valence-corrected chi connectivity index (χ3v) is 3.88. The Morgan fingerprint density at radius 2 is 2.18 bits per heavy atom. The van der Waals surface area contributed by atoms with Gasteiger partial charge in [-0.15, -0.1) is 0 Å². The molecule has 0 atom stereocenters. The molecule has 2 aromatic rings. The van der Waals surface area contributed by atoms with Gasteiger partial charge in [-0.25, -0.2) is 9.97 Å². The molecule has 4 heteroatoms. The number of nitrogens with zero attached hydrogens (tertiary/aromatic N) is 2. The average molecular weight is 245 g/mol. The van der Waals surface area contributed by atoms with Crippen molar-refractivity contribution in [2.24, 2.45) is 0 Å². The lowest BCUT2D eigenvalue weighted by molar-refractivity contribution is 0.830. The van der Waals surface area contributed by atoms with Gasteiger partial charge < -0.3 is 5.32 Å². The number of hydrogen-bond donors (Lipinski definition) is 1. The highest BCUT2D eigenvalue weighted by molar-refractivity contribution is 7.08. The Labute approximate surface area is 105 Å². The van der Waals surface area contributed by atoms with Crippen LogP contribution in [-0.2, 0) is 12.8 Å². The van der Waals surface area contributed by atoms with Crippen molar-refractivity contribution in [1.29, 1.82) is 0 Å². The Hall–Kier alpha value is -1.42. The predicted octanol–water partition coefficient (Wildman–Crippen LogP) is 3.13. The van der Waals surface area contributed by atoms with E-state index in [4.69, 9.17) is 0 Å². The lowest BCUT2D eigenvalue weighted by atomic mass is 10.1. The molecule has 0 saturated heterocycles. The van der Waals surface area contributed by atoms with E-state index in [9.17, 15) is 0 Å². The minimum absolute atomic E-state index is 0.741. The van der Waals surface area contributed by atoms with Gasteiger partial charge in [-0.05, 0) is 42.7 Å². The van der Waals surface area contributed by atoms with Gasteiger partial charge in [-0.2, -0.15) is 11.3 Å². The molecule has 2 heterocycles. The van der Waals surface area contributed by atoms with Crippen molar-refractivity contribution >= 4 is 17.3 Å². The van der Waals surface area contributed by atoms with Crippen LogP contribution < -0.4 is 5.32 Å². The van der Waals surface area contributed by atoms with Crippen LogP contribution in [0.2, 0.25) is 0 Å². The number of aromatic nitrogens is 2. The first-order valence-corrected chi connectivity index (χ1v) is 6.98. The number of fused-ring (bicyclic) bond motifs is 3. The van der Waals surface area contributed by atoms with Crippen LogP contribution >= 0.6 is 11.3 Å². The molecule has 3 rings (SSSR count). The first-order chi connectivity index (χ1) is 8.38. The highest BCUT2D eigenvalue weighted by Crippen LogP contribution is 2.33. The number of thiophene rings is 1. The van der Waals surface area contributed by atoms with Crippen LogP contribution in [0.25, 0.3) is 11.3 Å². The molecule has 0 saturated carbocycles. The molecule has 2 aromatic heterocycles. The molecular weight excluding hydrogens is 230 g/mol. The molecule has 0 aromatic carbocycles. The Kier molecular flexibility index (Phi) is 2.81. The number of aryl methyl sites for hydroxylation is 2. The molecule has 0 amide bonds. The summed E-state index contributed by atoms with van der Waals surface area (Å²) in [5.74, 6) is 0.741. The SMILES string of the molecule is CCNc1ncc2c(n1)-c1cscc1CCC2. The summed E-state index contributed by atoms with van der Waals surface area (Å²) >= 11 is 1.77. The standard InChI is InChI=1S/C13H15N3S/c1-2-14-13-15-6-9-4-3-5-10-7-17-8-11(10)12(9)16-13/h6-8H,2-5H2,1H3,(H,14,15,16). The van der Waals surface area contributed by atoms with Crippen LogP contribution in [0.4, 0.5) is 5.95 Å². The molecule has 0 aliphatic heterocycles. The van der Waals surface area contributed by atoms with E-state index in [1.54, 1.807) is 11.3 Å². The summed E-state index contributed by atoms with van der Waals surface area (Å²) in [6.07, 6.45) is 5.42. The number of nitrogens with one attached hydrogen (secondary N) is 1. The molecule has 1 aliphatic rings. The maximum atomic E-state index is 4.66. The fourth-order valence-corrected chi connectivity index (χ4v) is 3.14. The first-order valence-electron chi connectivity index (χ1n) is 6.03. The van der Waals surface area contributed by atoms with Crippen molar-refractivity contribution in [2.75, 3.05) is 11.9 Å². The van der Waals surface area contributed by atoms with Crippen molar-refractivity contribution in [3.63, 3.8) is 0 Å². The minimum Gasteiger partial charge on any atom is -0.354 e. The van der Waals surface area contributed by atoms with E-state index in [1.165, 1.54) is 23.1 Å². The minimum atomic E-state index is 0.741. The van der Waals surface area contributed by atoms with Crippen molar-refractivity contribution in [3.8, 4) is 11.3 Å². The van der Waals surface area contributed by atoms with Crippen LogP contribution in [0.3, 0.4) is 0 Å². The topological polar surface area (TPSA) is 37.8 Å². The molecule has 0 unspecified atom stereocenters. The molecule has 88 valence electrons. The third kappa shape index (κ3) is 1.93. The number of hydrogen-bond acceptors (Lipinski definition) is 4. The maximum Gasteiger partial charge on any atom is 0.223 e. The highest BCUT2D eigenvalue weighted by Gasteiger charge is 2.17. The van der Waals surface area contributed by atoms with Crippen molar-refractivity contribution in [3.05, 3.63) is 28.1 Å². The summed E-state index contributed by atoms with van der Waals surface area (Å²) in [6, 6.07) is 0. The van der Waals surface area contributed by atoms with E-state index in [1.807, 2.05) is 6.20 Å². The van der Waals surface area contributed by atoms with Gasteiger partial charge >= 0.3 is 0 Å². The third-order valence-electron chi connectivity index (χ3n) is 3.09. The van der Waals surface area contributed by atoms with Gasteiger partial charge in [0.05, 0.1) is 5.69 Å². The van der Waals surface area contributed by atoms with Crippen LogP contribution in [0, 0.1) is 0 Å². The van der Waals surface area contributed by atoms with E-state index < -0.39 is 0 Å². The second-order valence-corrected chi connectivity index (χ2v) is 5.01. The Morgan fingerprint density at radius 1 is 1.29 bits per heavy atom. The monoisotopic (exact) mass is 245 g/mol. The average Bonchev–Trinajstić information content (AvgIpc) is 2.73. The fourth-order valence-electron chi connectivity index (χ4n) is 2.26. The molecule has 0 bridgehead atoms. The zero-order valence-electron chi connectivity index (χ0n) is 9.86. The maximum absolute atomic E-state index is 4.66. The quantitative estimate of drug-likeness (QED) is 0.883. The van der Waals surface area contributed by atoms with Crippen molar-refractivity contribution in [1.82, 2.24) is 9.97 Å². The second kappa shape index (κ2) is 4.45. The molecular formula is C13H15N3S. The Bertz CT molecular complexity index is 533. The fraction of sp³-hybridized carbons (Fsp3) is 0.385. The van der Waals surface area contributed by atoms with Gasteiger partial charge in [-0.3, -0.25) is 0 Å². The molecule has 0 radical (unpaired) electrons. The second-order valence-electron chi connectivity index (χ2n) is 4.26. The Morgan fingerprint density at radius 3 is 3.06 bits per heavy atom.